The summed E-state index contributed by atoms with van der Waals surface area (Å²) in [6, 6.07) is 22.2. The second kappa shape index (κ2) is 11.2. The molecule has 1 aliphatic heterocycles. The van der Waals surface area contributed by atoms with Gasteiger partial charge in [0.1, 0.15) is 0 Å². The molecule has 2 aromatic carbocycles. The van der Waals surface area contributed by atoms with E-state index in [0.717, 1.165) is 5.92 Å². The first-order valence-corrected chi connectivity index (χ1v) is 10.7. The Bertz CT molecular complexity index is 586. The Hall–Kier alpha value is -1.60. The number of nitrogens with zero attached hydrogens (tertiary/aromatic N) is 1. The highest BCUT2D eigenvalue weighted by molar-refractivity contribution is 5.19. The summed E-state index contributed by atoms with van der Waals surface area (Å²) in [4.78, 5) is 2.65. The van der Waals surface area contributed by atoms with Gasteiger partial charge in [-0.2, -0.15) is 0 Å². The zero-order valence-corrected chi connectivity index (χ0v) is 16.3. The lowest BCUT2D eigenvalue weighted by atomic mass is 9.89. The van der Waals surface area contributed by atoms with Crippen LogP contribution in [0.25, 0.3) is 0 Å². The van der Waals surface area contributed by atoms with Crippen LogP contribution in [-0.4, -0.2) is 24.5 Å². The molecule has 0 amide bonds. The Balaban J connectivity index is 1.40. The van der Waals surface area contributed by atoms with E-state index in [9.17, 15) is 0 Å². The lowest BCUT2D eigenvalue weighted by Gasteiger charge is -2.20. The summed E-state index contributed by atoms with van der Waals surface area (Å²) in [6.07, 6.45) is 12.1. The van der Waals surface area contributed by atoms with Crippen LogP contribution < -0.4 is 0 Å². The number of hydrogen-bond donors (Lipinski definition) is 0. The largest absolute Gasteiger partial charge is 0.303 e. The van der Waals surface area contributed by atoms with Crippen molar-refractivity contribution >= 4 is 0 Å². The van der Waals surface area contributed by atoms with Gasteiger partial charge >= 0.3 is 0 Å². The first kappa shape index (κ1) is 19.2. The first-order chi connectivity index (χ1) is 12.9. The molecule has 0 bridgehead atoms. The SMILES string of the molecule is c1ccc(CCCCCC(CCCN2CCCC2)c2ccccc2)cc1. The second-order valence-corrected chi connectivity index (χ2v) is 7.88. The molecule has 1 atom stereocenters. The fourth-order valence-electron chi connectivity index (χ4n) is 4.31. The summed E-state index contributed by atoms with van der Waals surface area (Å²) >= 11 is 0. The van der Waals surface area contributed by atoms with Crippen molar-refractivity contribution in [1.82, 2.24) is 4.90 Å². The average Bonchev–Trinajstić information content (AvgIpc) is 3.21. The lowest BCUT2D eigenvalue weighted by molar-refractivity contribution is 0.322. The zero-order chi connectivity index (χ0) is 17.9. The van der Waals surface area contributed by atoms with Gasteiger partial charge in [-0.15, -0.1) is 0 Å². The standard InChI is InChI=1S/C25H35N/c1-4-13-23(14-5-1)15-6-2-7-18-25(24-16-8-3-9-17-24)19-12-22-26-20-10-11-21-26/h1,3-5,8-9,13-14,16-17,25H,2,6-7,10-12,15,18-22H2. The van der Waals surface area contributed by atoms with E-state index >= 15 is 0 Å². The van der Waals surface area contributed by atoms with Gasteiger partial charge in [0.25, 0.3) is 0 Å². The molecule has 1 saturated heterocycles. The molecule has 3 rings (SSSR count). The number of likely N-dealkylation sites (tertiary alicyclic amines) is 1. The van der Waals surface area contributed by atoms with Gasteiger partial charge in [0.15, 0.2) is 0 Å². The normalized spacial score (nSPS) is 16.0. The number of hydrogen-bond acceptors (Lipinski definition) is 1. The fourth-order valence-corrected chi connectivity index (χ4v) is 4.31. The molecule has 0 aromatic heterocycles. The Morgan fingerprint density at radius 1 is 0.692 bits per heavy atom. The van der Waals surface area contributed by atoms with E-state index in [0.29, 0.717) is 0 Å². The smallest absolute Gasteiger partial charge is 0.00183 e. The summed E-state index contributed by atoms with van der Waals surface area (Å²) in [7, 11) is 0. The molecule has 1 heterocycles. The molecule has 1 aliphatic rings. The van der Waals surface area contributed by atoms with Gasteiger partial charge < -0.3 is 4.90 Å². The number of rotatable bonds is 11. The molecule has 1 nitrogen and oxygen atoms in total. The Kier molecular flexibility index (Phi) is 8.25. The van der Waals surface area contributed by atoms with Gasteiger partial charge in [-0.05, 0) is 81.6 Å². The fraction of sp³-hybridized carbons (Fsp3) is 0.520. The Morgan fingerprint density at radius 3 is 2.08 bits per heavy atom. The predicted octanol–water partition coefficient (Wildman–Crippen LogP) is 6.45. The summed E-state index contributed by atoms with van der Waals surface area (Å²) < 4.78 is 0. The molecule has 1 heteroatoms. The maximum Gasteiger partial charge on any atom is -0.00183 e. The Labute approximate surface area is 160 Å². The van der Waals surface area contributed by atoms with Crippen LogP contribution in [-0.2, 0) is 6.42 Å². The summed E-state index contributed by atoms with van der Waals surface area (Å²) in [6.45, 7) is 3.96. The molecule has 2 aromatic rings. The van der Waals surface area contributed by atoms with Crippen molar-refractivity contribution in [2.24, 2.45) is 0 Å². The van der Waals surface area contributed by atoms with Crippen LogP contribution >= 0.6 is 0 Å². The molecule has 0 spiro atoms. The summed E-state index contributed by atoms with van der Waals surface area (Å²) in [5, 5.41) is 0. The molecule has 0 N–H and O–H groups in total. The van der Waals surface area contributed by atoms with Crippen LogP contribution in [0.4, 0.5) is 0 Å². The quantitative estimate of drug-likeness (QED) is 0.421. The van der Waals surface area contributed by atoms with Crippen molar-refractivity contribution in [3.05, 3.63) is 71.8 Å². The van der Waals surface area contributed by atoms with E-state index in [4.69, 9.17) is 0 Å². The number of aryl methyl sites for hydroxylation is 1. The minimum atomic E-state index is 0.746. The van der Waals surface area contributed by atoms with Crippen LogP contribution in [0, 0.1) is 0 Å². The first-order valence-electron chi connectivity index (χ1n) is 10.7. The van der Waals surface area contributed by atoms with Crippen molar-refractivity contribution in [2.75, 3.05) is 19.6 Å². The zero-order valence-electron chi connectivity index (χ0n) is 16.3. The average molecular weight is 350 g/mol. The third-order valence-corrected chi connectivity index (χ3v) is 5.86. The maximum atomic E-state index is 2.65. The van der Waals surface area contributed by atoms with Gasteiger partial charge in [-0.25, -0.2) is 0 Å². The van der Waals surface area contributed by atoms with Crippen LogP contribution in [0.3, 0.4) is 0 Å². The van der Waals surface area contributed by atoms with E-state index in [1.54, 1.807) is 5.56 Å². The molecular weight excluding hydrogens is 314 g/mol. The molecular formula is C25H35N. The van der Waals surface area contributed by atoms with E-state index in [-0.39, 0.29) is 0 Å². The van der Waals surface area contributed by atoms with E-state index in [1.165, 1.54) is 83.0 Å². The van der Waals surface area contributed by atoms with Gasteiger partial charge in [0, 0.05) is 0 Å². The Morgan fingerprint density at radius 2 is 1.35 bits per heavy atom. The lowest BCUT2D eigenvalue weighted by Crippen LogP contribution is -2.20. The van der Waals surface area contributed by atoms with Gasteiger partial charge in [0.05, 0.1) is 0 Å². The van der Waals surface area contributed by atoms with Crippen molar-refractivity contribution in [2.45, 2.75) is 63.7 Å². The molecule has 1 fully saturated rings. The highest BCUT2D eigenvalue weighted by atomic mass is 15.1. The van der Waals surface area contributed by atoms with Crippen LogP contribution in [0.15, 0.2) is 60.7 Å². The minimum Gasteiger partial charge on any atom is -0.303 e. The van der Waals surface area contributed by atoms with E-state index in [2.05, 4.69) is 65.6 Å². The molecule has 1 unspecified atom stereocenters. The van der Waals surface area contributed by atoms with Gasteiger partial charge in [0.2, 0.25) is 0 Å². The van der Waals surface area contributed by atoms with Crippen LogP contribution in [0.5, 0.6) is 0 Å². The topological polar surface area (TPSA) is 3.24 Å². The van der Waals surface area contributed by atoms with Crippen molar-refractivity contribution in [1.29, 1.82) is 0 Å². The minimum absolute atomic E-state index is 0.746. The number of unbranched alkanes of at least 4 members (excludes halogenated alkanes) is 2. The van der Waals surface area contributed by atoms with Crippen molar-refractivity contribution in [3.8, 4) is 0 Å². The molecule has 0 radical (unpaired) electrons. The second-order valence-electron chi connectivity index (χ2n) is 7.88. The van der Waals surface area contributed by atoms with Crippen molar-refractivity contribution in [3.63, 3.8) is 0 Å². The third kappa shape index (κ3) is 6.61. The van der Waals surface area contributed by atoms with Crippen LogP contribution in [0.2, 0.25) is 0 Å². The molecule has 26 heavy (non-hydrogen) atoms. The van der Waals surface area contributed by atoms with Gasteiger partial charge in [-0.3, -0.25) is 0 Å². The van der Waals surface area contributed by atoms with E-state index in [1.807, 2.05) is 0 Å². The highest BCUT2D eigenvalue weighted by Crippen LogP contribution is 2.28. The molecule has 140 valence electrons. The van der Waals surface area contributed by atoms with E-state index < -0.39 is 0 Å². The summed E-state index contributed by atoms with van der Waals surface area (Å²) in [5.41, 5.74) is 3.04. The maximum absolute atomic E-state index is 2.65. The van der Waals surface area contributed by atoms with Crippen LogP contribution in [0.1, 0.15) is 68.4 Å². The summed E-state index contributed by atoms with van der Waals surface area (Å²) in [5.74, 6) is 0.746. The van der Waals surface area contributed by atoms with Gasteiger partial charge in [-0.1, -0.05) is 73.5 Å². The predicted molar refractivity (Wildman–Crippen MR) is 113 cm³/mol. The molecule has 0 aliphatic carbocycles. The van der Waals surface area contributed by atoms with Crippen molar-refractivity contribution < 1.29 is 0 Å². The number of benzene rings is 2. The third-order valence-electron chi connectivity index (χ3n) is 5.86. The molecule has 0 saturated carbocycles. The monoisotopic (exact) mass is 349 g/mol. The highest BCUT2D eigenvalue weighted by Gasteiger charge is 2.14.